The van der Waals surface area contributed by atoms with Crippen molar-refractivity contribution in [2.24, 2.45) is 0 Å². The van der Waals surface area contributed by atoms with Crippen LogP contribution in [0.15, 0.2) is 36.4 Å². The van der Waals surface area contributed by atoms with Crippen molar-refractivity contribution in [3.8, 4) is 11.3 Å². The number of rotatable bonds is 4. The zero-order chi connectivity index (χ0) is 18.1. The number of aromatic amines is 1. The molecule has 132 valence electrons. The summed E-state index contributed by atoms with van der Waals surface area (Å²) in [6.45, 7) is 5.31. The first-order valence-corrected chi connectivity index (χ1v) is 8.80. The third-order valence-corrected chi connectivity index (χ3v) is 4.59. The first kappa shape index (κ1) is 16.3. The normalized spacial score (nSPS) is 13.8. The first-order chi connectivity index (χ1) is 12.7. The highest BCUT2D eigenvalue weighted by molar-refractivity contribution is 5.99. The van der Waals surface area contributed by atoms with E-state index < -0.39 is 0 Å². The lowest BCUT2D eigenvalue weighted by atomic mass is 10.1. The van der Waals surface area contributed by atoms with E-state index in [9.17, 15) is 4.79 Å². The molecule has 1 aliphatic heterocycles. The minimum Gasteiger partial charge on any atom is -0.365 e. The summed E-state index contributed by atoms with van der Waals surface area (Å²) in [7, 11) is 0. The number of H-pyrrole nitrogens is 1. The largest absolute Gasteiger partial charge is 0.365 e. The fourth-order valence-corrected chi connectivity index (χ4v) is 3.26. The SMILES string of the molecule is C/C=C/CNc1nc2c(-c3cc4c([nH]3)CCNC4=O)cccc2nc1C. The fraction of sp³-hybridized carbons (Fsp3) is 0.250. The molecule has 0 bridgehead atoms. The number of aromatic nitrogens is 3. The van der Waals surface area contributed by atoms with Gasteiger partial charge in [0.1, 0.15) is 11.3 Å². The van der Waals surface area contributed by atoms with Gasteiger partial charge in [-0.05, 0) is 26.0 Å². The van der Waals surface area contributed by atoms with Crippen molar-refractivity contribution in [1.82, 2.24) is 20.3 Å². The highest BCUT2D eigenvalue weighted by atomic mass is 16.1. The van der Waals surface area contributed by atoms with Gasteiger partial charge in [0.05, 0.1) is 16.8 Å². The summed E-state index contributed by atoms with van der Waals surface area (Å²) in [6, 6.07) is 7.85. The molecule has 0 fully saturated rings. The molecular formula is C20H21N5O. The summed E-state index contributed by atoms with van der Waals surface area (Å²) in [6.07, 6.45) is 4.85. The number of anilines is 1. The zero-order valence-corrected chi connectivity index (χ0v) is 14.9. The van der Waals surface area contributed by atoms with Crippen LogP contribution in [-0.4, -0.2) is 33.9 Å². The van der Waals surface area contributed by atoms with Crippen LogP contribution < -0.4 is 10.6 Å². The maximum atomic E-state index is 12.1. The van der Waals surface area contributed by atoms with Gasteiger partial charge in [0.15, 0.2) is 0 Å². The van der Waals surface area contributed by atoms with E-state index in [4.69, 9.17) is 9.97 Å². The number of allylic oxidation sites excluding steroid dienone is 1. The molecule has 0 saturated heterocycles. The number of para-hydroxylation sites is 1. The Hall–Kier alpha value is -3.15. The number of hydrogen-bond donors (Lipinski definition) is 3. The van der Waals surface area contributed by atoms with Gasteiger partial charge in [-0.1, -0.05) is 24.3 Å². The van der Waals surface area contributed by atoms with E-state index >= 15 is 0 Å². The van der Waals surface area contributed by atoms with Crippen molar-refractivity contribution in [1.29, 1.82) is 0 Å². The Labute approximate surface area is 151 Å². The minimum absolute atomic E-state index is 0.0235. The summed E-state index contributed by atoms with van der Waals surface area (Å²) in [5.74, 6) is 0.752. The third kappa shape index (κ3) is 2.83. The number of hydrogen-bond acceptors (Lipinski definition) is 4. The van der Waals surface area contributed by atoms with Gasteiger partial charge < -0.3 is 15.6 Å². The molecule has 6 nitrogen and oxygen atoms in total. The molecule has 1 aromatic carbocycles. The van der Waals surface area contributed by atoms with E-state index in [0.29, 0.717) is 13.1 Å². The number of amides is 1. The number of nitrogens with zero attached hydrogens (tertiary/aromatic N) is 2. The molecule has 3 heterocycles. The zero-order valence-electron chi connectivity index (χ0n) is 14.9. The Morgan fingerprint density at radius 1 is 1.27 bits per heavy atom. The monoisotopic (exact) mass is 347 g/mol. The van der Waals surface area contributed by atoms with Crippen molar-refractivity contribution >= 4 is 22.8 Å². The summed E-state index contributed by atoms with van der Waals surface area (Å²) in [5, 5.41) is 6.19. The predicted molar refractivity (Wildman–Crippen MR) is 103 cm³/mol. The van der Waals surface area contributed by atoms with Crippen molar-refractivity contribution in [2.45, 2.75) is 20.3 Å². The summed E-state index contributed by atoms with van der Waals surface area (Å²) < 4.78 is 0. The second kappa shape index (κ2) is 6.63. The molecule has 1 aliphatic rings. The molecule has 3 N–H and O–H groups in total. The Morgan fingerprint density at radius 3 is 2.96 bits per heavy atom. The van der Waals surface area contributed by atoms with Crippen LogP contribution in [0.4, 0.5) is 5.82 Å². The quantitative estimate of drug-likeness (QED) is 0.633. The fourth-order valence-electron chi connectivity index (χ4n) is 3.26. The Balaban J connectivity index is 1.82. The number of benzene rings is 1. The van der Waals surface area contributed by atoms with E-state index in [1.165, 1.54) is 0 Å². The molecule has 4 rings (SSSR count). The molecule has 0 atom stereocenters. The van der Waals surface area contributed by atoms with Gasteiger partial charge in [0.25, 0.3) is 5.91 Å². The summed E-state index contributed by atoms with van der Waals surface area (Å²) in [5.41, 5.74) is 6.07. The molecule has 1 amide bonds. The molecule has 0 unspecified atom stereocenters. The molecule has 0 aliphatic carbocycles. The lowest BCUT2D eigenvalue weighted by Crippen LogP contribution is -2.31. The van der Waals surface area contributed by atoms with Crippen molar-refractivity contribution in [3.63, 3.8) is 0 Å². The van der Waals surface area contributed by atoms with E-state index in [-0.39, 0.29) is 5.91 Å². The van der Waals surface area contributed by atoms with E-state index in [1.54, 1.807) is 0 Å². The predicted octanol–water partition coefficient (Wildman–Crippen LogP) is 3.21. The van der Waals surface area contributed by atoms with E-state index in [1.807, 2.05) is 50.3 Å². The summed E-state index contributed by atoms with van der Waals surface area (Å²) in [4.78, 5) is 25.0. The minimum atomic E-state index is -0.0235. The van der Waals surface area contributed by atoms with Gasteiger partial charge in [0.2, 0.25) is 0 Å². The number of fused-ring (bicyclic) bond motifs is 2. The molecule has 6 heteroatoms. The van der Waals surface area contributed by atoms with Crippen LogP contribution in [0.1, 0.15) is 28.7 Å². The number of nitrogens with one attached hydrogen (secondary N) is 3. The van der Waals surface area contributed by atoms with Crippen LogP contribution in [0.5, 0.6) is 0 Å². The van der Waals surface area contributed by atoms with Crippen molar-refractivity contribution < 1.29 is 4.79 Å². The van der Waals surface area contributed by atoms with Gasteiger partial charge in [0, 0.05) is 36.5 Å². The van der Waals surface area contributed by atoms with Crippen LogP contribution in [-0.2, 0) is 6.42 Å². The van der Waals surface area contributed by atoms with E-state index in [2.05, 4.69) is 15.6 Å². The Kier molecular flexibility index (Phi) is 4.16. The van der Waals surface area contributed by atoms with Crippen LogP contribution >= 0.6 is 0 Å². The smallest absolute Gasteiger partial charge is 0.253 e. The highest BCUT2D eigenvalue weighted by Crippen LogP contribution is 2.30. The van der Waals surface area contributed by atoms with Crippen LogP contribution in [0.3, 0.4) is 0 Å². The Morgan fingerprint density at radius 2 is 2.15 bits per heavy atom. The lowest BCUT2D eigenvalue weighted by molar-refractivity contribution is 0.0946. The molecule has 0 saturated carbocycles. The maximum absolute atomic E-state index is 12.1. The number of aryl methyl sites for hydroxylation is 1. The lowest BCUT2D eigenvalue weighted by Gasteiger charge is -2.11. The van der Waals surface area contributed by atoms with Crippen molar-refractivity contribution in [3.05, 3.63) is 53.4 Å². The average Bonchev–Trinajstić information content (AvgIpc) is 3.07. The molecule has 0 radical (unpaired) electrons. The maximum Gasteiger partial charge on any atom is 0.253 e. The molecule has 2 aromatic heterocycles. The molecule has 0 spiro atoms. The van der Waals surface area contributed by atoms with Gasteiger partial charge >= 0.3 is 0 Å². The third-order valence-electron chi connectivity index (χ3n) is 4.59. The van der Waals surface area contributed by atoms with Gasteiger partial charge in [-0.2, -0.15) is 0 Å². The molecule has 3 aromatic rings. The van der Waals surface area contributed by atoms with Gasteiger partial charge in [-0.15, -0.1) is 0 Å². The second-order valence-corrected chi connectivity index (χ2v) is 6.36. The van der Waals surface area contributed by atoms with Crippen LogP contribution in [0.25, 0.3) is 22.3 Å². The van der Waals surface area contributed by atoms with Gasteiger partial charge in [-0.25, -0.2) is 9.97 Å². The molecular weight excluding hydrogens is 326 g/mol. The topological polar surface area (TPSA) is 82.7 Å². The number of carbonyl (C=O) groups is 1. The first-order valence-electron chi connectivity index (χ1n) is 8.80. The number of carbonyl (C=O) groups excluding carboxylic acids is 1. The van der Waals surface area contributed by atoms with E-state index in [0.717, 1.165) is 51.5 Å². The average molecular weight is 347 g/mol. The molecule has 26 heavy (non-hydrogen) atoms. The van der Waals surface area contributed by atoms with Crippen molar-refractivity contribution in [2.75, 3.05) is 18.4 Å². The van der Waals surface area contributed by atoms with Crippen LogP contribution in [0.2, 0.25) is 0 Å². The Bertz CT molecular complexity index is 1020. The second-order valence-electron chi connectivity index (χ2n) is 6.36. The summed E-state index contributed by atoms with van der Waals surface area (Å²) >= 11 is 0. The van der Waals surface area contributed by atoms with Gasteiger partial charge in [-0.3, -0.25) is 4.79 Å². The van der Waals surface area contributed by atoms with Crippen LogP contribution in [0, 0.1) is 6.92 Å². The standard InChI is InChI=1S/C20H21N5O/c1-3-4-9-21-19-12(2)23-16-7-5-6-13(18(16)25-19)17-11-14-15(24-17)8-10-22-20(14)26/h3-7,11,24H,8-10H2,1-2H3,(H,21,25)(H,22,26)/b4-3+. The highest BCUT2D eigenvalue weighted by Gasteiger charge is 2.21.